The van der Waals surface area contributed by atoms with Crippen molar-refractivity contribution in [3.8, 4) is 0 Å². The SMILES string of the molecule is CN(C)C1([C@H](CN)CO)CCCC1. The monoisotopic (exact) mass is 186 g/mol. The van der Waals surface area contributed by atoms with E-state index in [1.165, 1.54) is 25.7 Å². The average molecular weight is 186 g/mol. The van der Waals surface area contributed by atoms with Crippen molar-refractivity contribution in [1.82, 2.24) is 4.90 Å². The minimum atomic E-state index is 0.170. The van der Waals surface area contributed by atoms with Gasteiger partial charge in [0.25, 0.3) is 0 Å². The van der Waals surface area contributed by atoms with Crippen molar-refractivity contribution in [3.05, 3.63) is 0 Å². The summed E-state index contributed by atoms with van der Waals surface area (Å²) in [6, 6.07) is 0. The molecule has 3 heteroatoms. The minimum absolute atomic E-state index is 0.170. The van der Waals surface area contributed by atoms with Gasteiger partial charge in [-0.3, -0.25) is 0 Å². The van der Waals surface area contributed by atoms with Crippen LogP contribution in [0.4, 0.5) is 0 Å². The number of aliphatic hydroxyl groups is 1. The molecule has 0 saturated heterocycles. The Morgan fingerprint density at radius 3 is 2.23 bits per heavy atom. The molecular weight excluding hydrogens is 164 g/mol. The summed E-state index contributed by atoms with van der Waals surface area (Å²) >= 11 is 0. The second-order valence-corrected chi connectivity index (χ2v) is 4.32. The predicted octanol–water partition coefficient (Wildman–Crippen LogP) is 0.428. The van der Waals surface area contributed by atoms with Crippen LogP contribution in [0.3, 0.4) is 0 Å². The zero-order chi connectivity index (χ0) is 9.90. The Labute approximate surface area is 80.9 Å². The zero-order valence-corrected chi connectivity index (χ0v) is 8.79. The maximum atomic E-state index is 9.29. The molecule has 78 valence electrons. The molecule has 1 atom stereocenters. The van der Waals surface area contributed by atoms with Crippen LogP contribution in [-0.4, -0.2) is 42.8 Å². The van der Waals surface area contributed by atoms with Crippen molar-refractivity contribution in [2.24, 2.45) is 11.7 Å². The highest BCUT2D eigenvalue weighted by Crippen LogP contribution is 2.39. The zero-order valence-electron chi connectivity index (χ0n) is 8.79. The van der Waals surface area contributed by atoms with Crippen LogP contribution in [-0.2, 0) is 0 Å². The maximum Gasteiger partial charge on any atom is 0.0489 e. The first-order valence-corrected chi connectivity index (χ1v) is 5.15. The van der Waals surface area contributed by atoms with Gasteiger partial charge in [-0.2, -0.15) is 0 Å². The van der Waals surface area contributed by atoms with Gasteiger partial charge in [0.1, 0.15) is 0 Å². The Morgan fingerprint density at radius 2 is 1.92 bits per heavy atom. The van der Waals surface area contributed by atoms with E-state index in [4.69, 9.17) is 5.73 Å². The Bertz CT molecular complexity index is 149. The first kappa shape index (κ1) is 11.0. The van der Waals surface area contributed by atoms with Gasteiger partial charge < -0.3 is 15.7 Å². The summed E-state index contributed by atoms with van der Waals surface area (Å²) in [6.07, 6.45) is 4.91. The molecule has 0 bridgehead atoms. The van der Waals surface area contributed by atoms with E-state index < -0.39 is 0 Å². The molecule has 0 heterocycles. The van der Waals surface area contributed by atoms with E-state index in [1.54, 1.807) is 0 Å². The van der Waals surface area contributed by atoms with E-state index >= 15 is 0 Å². The van der Waals surface area contributed by atoms with E-state index in [-0.39, 0.29) is 18.1 Å². The van der Waals surface area contributed by atoms with Gasteiger partial charge in [0.2, 0.25) is 0 Å². The molecule has 0 radical (unpaired) electrons. The number of rotatable bonds is 4. The molecule has 0 amide bonds. The van der Waals surface area contributed by atoms with Gasteiger partial charge in [-0.15, -0.1) is 0 Å². The summed E-state index contributed by atoms with van der Waals surface area (Å²) in [5, 5.41) is 9.29. The standard InChI is InChI=1S/C10H22N2O/c1-12(2)10(5-3-4-6-10)9(7-11)8-13/h9,13H,3-8,11H2,1-2H3/t9-/m1/s1. The third kappa shape index (κ3) is 1.87. The summed E-state index contributed by atoms with van der Waals surface area (Å²) in [5.74, 6) is 0.241. The first-order chi connectivity index (χ1) is 6.17. The smallest absolute Gasteiger partial charge is 0.0489 e. The summed E-state index contributed by atoms with van der Waals surface area (Å²) in [7, 11) is 4.20. The van der Waals surface area contributed by atoms with Gasteiger partial charge in [-0.25, -0.2) is 0 Å². The van der Waals surface area contributed by atoms with E-state index in [0.717, 1.165) is 0 Å². The quantitative estimate of drug-likeness (QED) is 0.669. The van der Waals surface area contributed by atoms with Crippen LogP contribution in [0.15, 0.2) is 0 Å². The molecule has 0 aromatic rings. The Balaban J connectivity index is 2.76. The second-order valence-electron chi connectivity index (χ2n) is 4.32. The molecule has 3 nitrogen and oxygen atoms in total. The van der Waals surface area contributed by atoms with Gasteiger partial charge in [0.05, 0.1) is 0 Å². The van der Waals surface area contributed by atoms with E-state index in [2.05, 4.69) is 19.0 Å². The molecule has 1 aliphatic carbocycles. The summed E-state index contributed by atoms with van der Waals surface area (Å²) in [4.78, 5) is 2.26. The summed E-state index contributed by atoms with van der Waals surface area (Å²) in [6.45, 7) is 0.809. The lowest BCUT2D eigenvalue weighted by Gasteiger charge is -2.42. The fourth-order valence-corrected chi connectivity index (χ4v) is 2.67. The lowest BCUT2D eigenvalue weighted by molar-refractivity contribution is 0.0490. The van der Waals surface area contributed by atoms with Crippen molar-refractivity contribution in [2.75, 3.05) is 27.2 Å². The van der Waals surface area contributed by atoms with Gasteiger partial charge in [-0.05, 0) is 33.5 Å². The van der Waals surface area contributed by atoms with Crippen LogP contribution >= 0.6 is 0 Å². The average Bonchev–Trinajstić information content (AvgIpc) is 2.56. The highest BCUT2D eigenvalue weighted by molar-refractivity contribution is 4.98. The molecule has 0 spiro atoms. The van der Waals surface area contributed by atoms with Crippen molar-refractivity contribution in [2.45, 2.75) is 31.2 Å². The van der Waals surface area contributed by atoms with Gasteiger partial charge in [0, 0.05) is 18.1 Å². The molecule has 3 N–H and O–H groups in total. The molecule has 1 rings (SSSR count). The molecule has 0 aromatic heterocycles. The van der Waals surface area contributed by atoms with Crippen LogP contribution in [0.1, 0.15) is 25.7 Å². The Kier molecular flexibility index (Phi) is 3.71. The van der Waals surface area contributed by atoms with E-state index in [9.17, 15) is 5.11 Å². The van der Waals surface area contributed by atoms with Gasteiger partial charge in [-0.1, -0.05) is 12.8 Å². The lowest BCUT2D eigenvalue weighted by Crippen LogP contribution is -2.52. The van der Waals surface area contributed by atoms with Gasteiger partial charge >= 0.3 is 0 Å². The minimum Gasteiger partial charge on any atom is -0.396 e. The van der Waals surface area contributed by atoms with Crippen molar-refractivity contribution in [1.29, 1.82) is 0 Å². The lowest BCUT2D eigenvalue weighted by atomic mass is 9.81. The summed E-state index contributed by atoms with van der Waals surface area (Å²) in [5.41, 5.74) is 5.87. The molecular formula is C10H22N2O. The Morgan fingerprint density at radius 1 is 1.38 bits per heavy atom. The van der Waals surface area contributed by atoms with E-state index in [1.807, 2.05) is 0 Å². The third-order valence-corrected chi connectivity index (χ3v) is 3.62. The highest BCUT2D eigenvalue weighted by atomic mass is 16.3. The Hall–Kier alpha value is -0.120. The molecule has 1 aliphatic rings. The predicted molar refractivity (Wildman–Crippen MR) is 54.5 cm³/mol. The van der Waals surface area contributed by atoms with Crippen LogP contribution < -0.4 is 5.73 Å². The summed E-state index contributed by atoms with van der Waals surface area (Å²) < 4.78 is 0. The molecule has 0 aromatic carbocycles. The second kappa shape index (κ2) is 4.40. The highest BCUT2D eigenvalue weighted by Gasteiger charge is 2.41. The molecule has 0 unspecified atom stereocenters. The van der Waals surface area contributed by atoms with Crippen LogP contribution in [0.25, 0.3) is 0 Å². The van der Waals surface area contributed by atoms with Gasteiger partial charge in [0.15, 0.2) is 0 Å². The largest absolute Gasteiger partial charge is 0.396 e. The maximum absolute atomic E-state index is 9.29. The number of nitrogens with two attached hydrogens (primary N) is 1. The fourth-order valence-electron chi connectivity index (χ4n) is 2.67. The van der Waals surface area contributed by atoms with Crippen molar-refractivity contribution in [3.63, 3.8) is 0 Å². The van der Waals surface area contributed by atoms with E-state index in [0.29, 0.717) is 6.54 Å². The number of nitrogens with zero attached hydrogens (tertiary/aromatic N) is 1. The van der Waals surface area contributed by atoms with Crippen molar-refractivity contribution >= 4 is 0 Å². The molecule has 1 saturated carbocycles. The fraction of sp³-hybridized carbons (Fsp3) is 1.00. The number of hydrogen-bond acceptors (Lipinski definition) is 3. The molecule has 1 fully saturated rings. The third-order valence-electron chi connectivity index (χ3n) is 3.62. The number of aliphatic hydroxyl groups excluding tert-OH is 1. The van der Waals surface area contributed by atoms with Crippen LogP contribution in [0.2, 0.25) is 0 Å². The topological polar surface area (TPSA) is 49.5 Å². The van der Waals surface area contributed by atoms with Crippen LogP contribution in [0, 0.1) is 5.92 Å². The molecule has 0 aliphatic heterocycles. The normalized spacial score (nSPS) is 23.8. The number of hydrogen-bond donors (Lipinski definition) is 2. The van der Waals surface area contributed by atoms with Crippen LogP contribution in [0.5, 0.6) is 0 Å². The molecule has 13 heavy (non-hydrogen) atoms. The first-order valence-electron chi connectivity index (χ1n) is 5.15. The van der Waals surface area contributed by atoms with Crippen molar-refractivity contribution < 1.29 is 5.11 Å².